The molecule has 1 aliphatic rings. The number of carbonyl (C=O) groups is 1. The maximum Gasteiger partial charge on any atom is 0.415 e. The van der Waals surface area contributed by atoms with Gasteiger partial charge in [-0.05, 0) is 44.4 Å². The molecule has 164 valence electrons. The molecule has 1 aromatic carbocycles. The highest BCUT2D eigenvalue weighted by Gasteiger charge is 2.34. The average molecular weight is 452 g/mol. The zero-order chi connectivity index (χ0) is 22.4. The Morgan fingerprint density at radius 2 is 2.09 bits per heavy atom. The number of aryl methyl sites for hydroxylation is 2. The molecular formula is C21H20N6O4S. The molecule has 4 heterocycles. The van der Waals surface area contributed by atoms with Gasteiger partial charge in [0.2, 0.25) is 5.82 Å². The SMILES string of the molecule is Cc1cccc(OC(=O)N2CCCC2c2nc3c(=O)n(C)c(-c4nc(C)no4)nc3s2)c1. The minimum Gasteiger partial charge on any atom is -0.410 e. The molecule has 1 aliphatic heterocycles. The molecule has 0 saturated carbocycles. The molecule has 0 aliphatic carbocycles. The van der Waals surface area contributed by atoms with Crippen LogP contribution >= 0.6 is 11.3 Å². The topological polar surface area (TPSA) is 116 Å². The quantitative estimate of drug-likeness (QED) is 0.464. The van der Waals surface area contributed by atoms with Crippen LogP contribution in [0.5, 0.6) is 5.75 Å². The number of rotatable bonds is 3. The monoisotopic (exact) mass is 452 g/mol. The van der Waals surface area contributed by atoms with Crippen molar-refractivity contribution >= 4 is 27.8 Å². The molecule has 5 rings (SSSR count). The van der Waals surface area contributed by atoms with Gasteiger partial charge in [-0.1, -0.05) is 28.6 Å². The molecule has 1 amide bonds. The first-order valence-electron chi connectivity index (χ1n) is 10.1. The molecule has 0 radical (unpaired) electrons. The van der Waals surface area contributed by atoms with E-state index >= 15 is 0 Å². The van der Waals surface area contributed by atoms with Gasteiger partial charge in [0.05, 0.1) is 6.04 Å². The van der Waals surface area contributed by atoms with Crippen LogP contribution in [-0.2, 0) is 7.05 Å². The van der Waals surface area contributed by atoms with Crippen molar-refractivity contribution in [1.29, 1.82) is 0 Å². The van der Waals surface area contributed by atoms with Crippen LogP contribution in [0.2, 0.25) is 0 Å². The third kappa shape index (κ3) is 3.54. The summed E-state index contributed by atoms with van der Waals surface area (Å²) in [6.45, 7) is 4.19. The predicted octanol–water partition coefficient (Wildman–Crippen LogP) is 3.39. The third-order valence-electron chi connectivity index (χ3n) is 5.34. The summed E-state index contributed by atoms with van der Waals surface area (Å²) in [4.78, 5) is 41.2. The molecule has 0 N–H and O–H groups in total. The lowest BCUT2D eigenvalue weighted by Gasteiger charge is -2.22. The molecule has 4 aromatic rings. The first-order valence-corrected chi connectivity index (χ1v) is 11.0. The Bertz CT molecular complexity index is 1390. The molecule has 1 unspecified atom stereocenters. The molecule has 11 heteroatoms. The Balaban J connectivity index is 1.47. The first kappa shape index (κ1) is 20.3. The summed E-state index contributed by atoms with van der Waals surface area (Å²) in [6.07, 6.45) is 1.13. The number of carbonyl (C=O) groups excluding carboxylic acids is 1. The van der Waals surface area contributed by atoms with E-state index in [4.69, 9.17) is 9.26 Å². The van der Waals surface area contributed by atoms with E-state index in [0.717, 1.165) is 18.4 Å². The summed E-state index contributed by atoms with van der Waals surface area (Å²) >= 11 is 1.29. The Kier molecular flexibility index (Phi) is 4.97. The molecule has 3 aromatic heterocycles. The minimum absolute atomic E-state index is 0.170. The minimum atomic E-state index is -0.430. The summed E-state index contributed by atoms with van der Waals surface area (Å²) in [6, 6.07) is 7.08. The van der Waals surface area contributed by atoms with Gasteiger partial charge in [-0.15, -0.1) is 0 Å². The molecular weight excluding hydrogens is 432 g/mol. The highest BCUT2D eigenvalue weighted by Crippen LogP contribution is 2.36. The number of amides is 1. The number of nitrogens with zero attached hydrogens (tertiary/aromatic N) is 6. The molecule has 0 spiro atoms. The van der Waals surface area contributed by atoms with Gasteiger partial charge in [-0.25, -0.2) is 14.8 Å². The average Bonchev–Trinajstić information content (AvgIpc) is 3.49. The summed E-state index contributed by atoms with van der Waals surface area (Å²) < 4.78 is 12.1. The van der Waals surface area contributed by atoms with E-state index in [0.29, 0.717) is 28.0 Å². The summed E-state index contributed by atoms with van der Waals surface area (Å²) in [7, 11) is 1.59. The van der Waals surface area contributed by atoms with Crippen molar-refractivity contribution in [3.63, 3.8) is 0 Å². The van der Waals surface area contributed by atoms with Crippen LogP contribution in [0.3, 0.4) is 0 Å². The summed E-state index contributed by atoms with van der Waals surface area (Å²) in [5.41, 5.74) is 0.954. The molecule has 1 fully saturated rings. The summed E-state index contributed by atoms with van der Waals surface area (Å²) in [5.74, 6) is 1.40. The molecule has 10 nitrogen and oxygen atoms in total. The van der Waals surface area contributed by atoms with Crippen molar-refractivity contribution in [3.8, 4) is 17.5 Å². The molecule has 1 saturated heterocycles. The Morgan fingerprint density at radius 1 is 1.25 bits per heavy atom. The van der Waals surface area contributed by atoms with Crippen LogP contribution in [-0.4, -0.2) is 42.2 Å². The smallest absolute Gasteiger partial charge is 0.410 e. The van der Waals surface area contributed by atoms with Crippen molar-refractivity contribution < 1.29 is 14.1 Å². The number of fused-ring (bicyclic) bond motifs is 1. The first-order chi connectivity index (χ1) is 15.4. The highest BCUT2D eigenvalue weighted by molar-refractivity contribution is 7.18. The van der Waals surface area contributed by atoms with Crippen LogP contribution in [0.4, 0.5) is 4.79 Å². The second-order valence-corrected chi connectivity index (χ2v) is 8.70. The van der Waals surface area contributed by atoms with Gasteiger partial charge >= 0.3 is 6.09 Å². The Labute approximate surface area is 186 Å². The van der Waals surface area contributed by atoms with E-state index in [-0.39, 0.29) is 28.8 Å². The fraction of sp³-hybridized carbons (Fsp3) is 0.333. The van der Waals surface area contributed by atoms with E-state index in [1.165, 1.54) is 15.9 Å². The highest BCUT2D eigenvalue weighted by atomic mass is 32.1. The van der Waals surface area contributed by atoms with Gasteiger partial charge in [0.15, 0.2) is 16.2 Å². The van der Waals surface area contributed by atoms with Crippen molar-refractivity contribution in [2.24, 2.45) is 7.05 Å². The molecule has 1 atom stereocenters. The number of thiazole rings is 1. The van der Waals surface area contributed by atoms with Crippen LogP contribution < -0.4 is 10.3 Å². The van der Waals surface area contributed by atoms with Crippen molar-refractivity contribution in [3.05, 3.63) is 51.0 Å². The van der Waals surface area contributed by atoms with Gasteiger partial charge in [0.1, 0.15) is 10.8 Å². The standard InChI is InChI=1S/C21H20N6O4S/c1-11-6-4-7-13(10-11)30-21(29)27-9-5-8-14(27)18-23-15-19(32-18)24-16(26(3)20(15)28)17-22-12(2)25-31-17/h4,6-7,10,14H,5,8-9H2,1-3H3. The fourth-order valence-corrected chi connectivity index (χ4v) is 4.85. The number of ether oxygens (including phenoxy) is 1. The van der Waals surface area contributed by atoms with E-state index in [9.17, 15) is 9.59 Å². The van der Waals surface area contributed by atoms with Crippen molar-refractivity contribution in [2.45, 2.75) is 32.7 Å². The normalized spacial score (nSPS) is 16.1. The second kappa shape index (κ2) is 7.83. The van der Waals surface area contributed by atoms with E-state index in [1.54, 1.807) is 24.9 Å². The molecule has 0 bridgehead atoms. The Morgan fingerprint density at radius 3 is 2.84 bits per heavy atom. The third-order valence-corrected chi connectivity index (χ3v) is 6.39. The molecule has 32 heavy (non-hydrogen) atoms. The van der Waals surface area contributed by atoms with Gasteiger partial charge < -0.3 is 9.26 Å². The van der Waals surface area contributed by atoms with Crippen molar-refractivity contribution in [1.82, 2.24) is 29.6 Å². The van der Waals surface area contributed by atoms with E-state index < -0.39 is 6.09 Å². The maximum atomic E-state index is 12.9. The van der Waals surface area contributed by atoms with Crippen LogP contribution in [0.1, 0.15) is 35.3 Å². The van der Waals surface area contributed by atoms with Crippen molar-refractivity contribution in [2.75, 3.05) is 6.54 Å². The fourth-order valence-electron chi connectivity index (χ4n) is 3.77. The van der Waals surface area contributed by atoms with Gasteiger partial charge in [0.25, 0.3) is 11.4 Å². The lowest BCUT2D eigenvalue weighted by Crippen LogP contribution is -2.33. The zero-order valence-corrected chi connectivity index (χ0v) is 18.5. The summed E-state index contributed by atoms with van der Waals surface area (Å²) in [5, 5.41) is 4.42. The van der Waals surface area contributed by atoms with Gasteiger partial charge in [-0.2, -0.15) is 4.98 Å². The van der Waals surface area contributed by atoms with Gasteiger partial charge in [0, 0.05) is 13.6 Å². The Hall–Kier alpha value is -3.60. The van der Waals surface area contributed by atoms with Crippen LogP contribution in [0, 0.1) is 13.8 Å². The van der Waals surface area contributed by atoms with Gasteiger partial charge in [-0.3, -0.25) is 14.3 Å². The lowest BCUT2D eigenvalue weighted by molar-refractivity contribution is 0.147. The number of likely N-dealkylation sites (tertiary alicyclic amines) is 1. The van der Waals surface area contributed by atoms with Crippen LogP contribution in [0.15, 0.2) is 33.6 Å². The lowest BCUT2D eigenvalue weighted by atomic mass is 10.2. The zero-order valence-electron chi connectivity index (χ0n) is 17.7. The largest absolute Gasteiger partial charge is 0.415 e. The predicted molar refractivity (Wildman–Crippen MR) is 117 cm³/mol. The van der Waals surface area contributed by atoms with Crippen LogP contribution in [0.25, 0.3) is 22.1 Å². The van der Waals surface area contributed by atoms with E-state index in [2.05, 4.69) is 20.1 Å². The number of aromatic nitrogens is 5. The number of hydrogen-bond donors (Lipinski definition) is 0. The second-order valence-electron chi connectivity index (χ2n) is 7.69. The number of hydrogen-bond acceptors (Lipinski definition) is 9. The maximum absolute atomic E-state index is 12.9. The number of benzene rings is 1. The van der Waals surface area contributed by atoms with E-state index in [1.807, 2.05) is 25.1 Å².